The Morgan fingerprint density at radius 2 is 1.89 bits per heavy atom. The normalized spacial score (nSPS) is 18.9. The van der Waals surface area contributed by atoms with Gasteiger partial charge in [-0.25, -0.2) is 0 Å². The minimum absolute atomic E-state index is 0.196. The molecule has 0 radical (unpaired) electrons. The molecule has 3 rings (SSSR count). The van der Waals surface area contributed by atoms with Crippen molar-refractivity contribution < 1.29 is 0 Å². The first-order valence-corrected chi connectivity index (χ1v) is 7.46. The molecule has 1 aliphatic carbocycles. The van der Waals surface area contributed by atoms with Gasteiger partial charge in [-0.05, 0) is 37.8 Å². The molecular weight excluding hydrogens is 232 g/mol. The number of para-hydroxylation sites is 1. The average Bonchev–Trinajstić information content (AvgIpc) is 2.75. The zero-order valence-corrected chi connectivity index (χ0v) is 12.1. The monoisotopic (exact) mass is 256 g/mol. The number of hydrogen-bond donors (Lipinski definition) is 2. The molecule has 1 fully saturated rings. The second-order valence-corrected chi connectivity index (χ2v) is 6.15. The van der Waals surface area contributed by atoms with Crippen LogP contribution < -0.4 is 5.73 Å². The summed E-state index contributed by atoms with van der Waals surface area (Å²) >= 11 is 0. The fourth-order valence-corrected chi connectivity index (χ4v) is 3.74. The lowest BCUT2D eigenvalue weighted by molar-refractivity contribution is 0.302. The molecular formula is C17H24N2. The van der Waals surface area contributed by atoms with Gasteiger partial charge in [-0.3, -0.25) is 0 Å². The largest absolute Gasteiger partial charge is 0.358 e. The summed E-state index contributed by atoms with van der Waals surface area (Å²) in [5.74, 6) is 0. The number of nitrogens with one attached hydrogen (secondary N) is 1. The molecule has 0 unspecified atom stereocenters. The van der Waals surface area contributed by atoms with Crippen LogP contribution in [0, 0.1) is 13.8 Å². The Bertz CT molecular complexity index is 589. The molecule has 2 nitrogen and oxygen atoms in total. The van der Waals surface area contributed by atoms with Crippen molar-refractivity contribution in [2.45, 2.75) is 51.4 Å². The van der Waals surface area contributed by atoms with Crippen molar-refractivity contribution >= 4 is 10.9 Å². The molecule has 0 spiro atoms. The minimum atomic E-state index is 0.196. The number of aromatic amines is 1. The van der Waals surface area contributed by atoms with Crippen LogP contribution in [0.2, 0.25) is 0 Å². The average molecular weight is 256 g/mol. The number of rotatable bonds is 2. The quantitative estimate of drug-likeness (QED) is 0.839. The van der Waals surface area contributed by atoms with Crippen LogP contribution in [0.15, 0.2) is 18.2 Å². The third kappa shape index (κ3) is 1.90. The van der Waals surface area contributed by atoms with Gasteiger partial charge in [0.05, 0.1) is 0 Å². The molecule has 19 heavy (non-hydrogen) atoms. The molecule has 1 aromatic carbocycles. The highest BCUT2D eigenvalue weighted by Gasteiger charge is 2.34. The highest BCUT2D eigenvalue weighted by Crippen LogP contribution is 2.41. The summed E-state index contributed by atoms with van der Waals surface area (Å²) in [6, 6.07) is 6.71. The first-order chi connectivity index (χ1) is 9.18. The molecule has 0 amide bonds. The van der Waals surface area contributed by atoms with Gasteiger partial charge in [0.25, 0.3) is 0 Å². The van der Waals surface area contributed by atoms with Crippen LogP contribution >= 0.6 is 0 Å². The second kappa shape index (κ2) is 4.68. The van der Waals surface area contributed by atoms with Gasteiger partial charge in [0.2, 0.25) is 0 Å². The number of H-pyrrole nitrogens is 1. The van der Waals surface area contributed by atoms with Gasteiger partial charge in [0, 0.05) is 28.6 Å². The van der Waals surface area contributed by atoms with Crippen molar-refractivity contribution in [2.24, 2.45) is 5.73 Å². The molecule has 0 atom stereocenters. The van der Waals surface area contributed by atoms with Gasteiger partial charge < -0.3 is 10.7 Å². The molecule has 0 saturated heterocycles. The van der Waals surface area contributed by atoms with Crippen LogP contribution in [0.4, 0.5) is 0 Å². The molecule has 102 valence electrons. The Morgan fingerprint density at radius 1 is 1.16 bits per heavy atom. The Balaban J connectivity index is 2.21. The fraction of sp³-hybridized carbons (Fsp3) is 0.529. The van der Waals surface area contributed by atoms with E-state index in [2.05, 4.69) is 37.0 Å². The molecule has 3 N–H and O–H groups in total. The van der Waals surface area contributed by atoms with Crippen molar-refractivity contribution in [3.63, 3.8) is 0 Å². The Hall–Kier alpha value is -1.28. The van der Waals surface area contributed by atoms with E-state index in [4.69, 9.17) is 5.73 Å². The summed E-state index contributed by atoms with van der Waals surface area (Å²) in [5.41, 5.74) is 11.8. The second-order valence-electron chi connectivity index (χ2n) is 6.15. The summed E-state index contributed by atoms with van der Waals surface area (Å²) in [7, 11) is 0. The predicted octanol–water partition coefficient (Wildman–Crippen LogP) is 3.95. The number of benzene rings is 1. The topological polar surface area (TPSA) is 41.8 Å². The number of aromatic nitrogens is 1. The van der Waals surface area contributed by atoms with Crippen LogP contribution in [0.25, 0.3) is 10.9 Å². The van der Waals surface area contributed by atoms with E-state index in [-0.39, 0.29) is 5.41 Å². The van der Waals surface area contributed by atoms with E-state index in [0.717, 1.165) is 6.54 Å². The zero-order valence-electron chi connectivity index (χ0n) is 12.1. The lowest BCUT2D eigenvalue weighted by Crippen LogP contribution is -2.37. The number of hydrogen-bond acceptors (Lipinski definition) is 1. The molecule has 1 saturated carbocycles. The maximum absolute atomic E-state index is 6.19. The summed E-state index contributed by atoms with van der Waals surface area (Å²) in [4.78, 5) is 3.60. The lowest BCUT2D eigenvalue weighted by atomic mass is 9.69. The summed E-state index contributed by atoms with van der Waals surface area (Å²) in [6.45, 7) is 5.13. The van der Waals surface area contributed by atoms with Crippen molar-refractivity contribution in [1.82, 2.24) is 4.98 Å². The predicted molar refractivity (Wildman–Crippen MR) is 81.6 cm³/mol. The van der Waals surface area contributed by atoms with Gasteiger partial charge in [-0.15, -0.1) is 0 Å². The standard InChI is InChI=1S/C17H24N2/c1-12-13(2)19-16-14(12)7-6-8-15(16)17(11-18)9-4-3-5-10-17/h6-8,19H,3-5,9-11,18H2,1-2H3. The van der Waals surface area contributed by atoms with Crippen LogP contribution in [-0.4, -0.2) is 11.5 Å². The molecule has 0 bridgehead atoms. The van der Waals surface area contributed by atoms with E-state index < -0.39 is 0 Å². The maximum Gasteiger partial charge on any atom is 0.0497 e. The Morgan fingerprint density at radius 3 is 2.58 bits per heavy atom. The highest BCUT2D eigenvalue weighted by molar-refractivity contribution is 5.88. The van der Waals surface area contributed by atoms with Gasteiger partial charge in [0.15, 0.2) is 0 Å². The van der Waals surface area contributed by atoms with E-state index in [1.807, 2.05) is 0 Å². The van der Waals surface area contributed by atoms with E-state index in [0.29, 0.717) is 0 Å². The SMILES string of the molecule is Cc1[nH]c2c(C3(CN)CCCCC3)cccc2c1C. The third-order valence-corrected chi connectivity index (χ3v) is 5.12. The number of aryl methyl sites for hydroxylation is 2. The first kappa shape index (κ1) is 12.7. The van der Waals surface area contributed by atoms with Gasteiger partial charge >= 0.3 is 0 Å². The maximum atomic E-state index is 6.19. The van der Waals surface area contributed by atoms with Crippen LogP contribution in [0.1, 0.15) is 48.9 Å². The minimum Gasteiger partial charge on any atom is -0.358 e. The van der Waals surface area contributed by atoms with Gasteiger partial charge in [-0.1, -0.05) is 37.5 Å². The number of nitrogens with two attached hydrogens (primary N) is 1. The van der Waals surface area contributed by atoms with Crippen molar-refractivity contribution in [3.8, 4) is 0 Å². The van der Waals surface area contributed by atoms with Crippen LogP contribution in [-0.2, 0) is 5.41 Å². The molecule has 1 aliphatic rings. The molecule has 2 aromatic rings. The summed E-state index contributed by atoms with van der Waals surface area (Å²) in [5, 5.41) is 1.37. The van der Waals surface area contributed by atoms with Crippen molar-refractivity contribution in [1.29, 1.82) is 0 Å². The van der Waals surface area contributed by atoms with E-state index in [1.165, 1.54) is 59.8 Å². The Kier molecular flexibility index (Phi) is 3.14. The van der Waals surface area contributed by atoms with Gasteiger partial charge in [-0.2, -0.15) is 0 Å². The van der Waals surface area contributed by atoms with E-state index in [9.17, 15) is 0 Å². The zero-order chi connectivity index (χ0) is 13.5. The fourth-order valence-electron chi connectivity index (χ4n) is 3.74. The lowest BCUT2D eigenvalue weighted by Gasteiger charge is -2.37. The van der Waals surface area contributed by atoms with Crippen LogP contribution in [0.5, 0.6) is 0 Å². The molecule has 1 heterocycles. The Labute approximate surface area is 115 Å². The van der Waals surface area contributed by atoms with Crippen LogP contribution in [0.3, 0.4) is 0 Å². The highest BCUT2D eigenvalue weighted by atomic mass is 14.7. The van der Waals surface area contributed by atoms with Crippen molar-refractivity contribution in [2.75, 3.05) is 6.54 Å². The van der Waals surface area contributed by atoms with Gasteiger partial charge in [0.1, 0.15) is 0 Å². The summed E-state index contributed by atoms with van der Waals surface area (Å²) < 4.78 is 0. The van der Waals surface area contributed by atoms with Crippen molar-refractivity contribution in [3.05, 3.63) is 35.0 Å². The van der Waals surface area contributed by atoms with E-state index >= 15 is 0 Å². The van der Waals surface area contributed by atoms with E-state index in [1.54, 1.807) is 0 Å². The molecule has 2 heteroatoms. The molecule has 0 aliphatic heterocycles. The first-order valence-electron chi connectivity index (χ1n) is 7.46. The number of fused-ring (bicyclic) bond motifs is 1. The third-order valence-electron chi connectivity index (χ3n) is 5.12. The smallest absolute Gasteiger partial charge is 0.0497 e. The summed E-state index contributed by atoms with van der Waals surface area (Å²) in [6.07, 6.45) is 6.46. The molecule has 1 aromatic heterocycles.